The molecule has 3 N–H and O–H groups in total. The van der Waals surface area contributed by atoms with Gasteiger partial charge in [0.1, 0.15) is 11.3 Å². The molecule has 0 atom stereocenters. The first kappa shape index (κ1) is 28.7. The molecule has 0 bridgehead atoms. The summed E-state index contributed by atoms with van der Waals surface area (Å²) in [6, 6.07) is 12.9. The van der Waals surface area contributed by atoms with Gasteiger partial charge < -0.3 is 19.9 Å². The monoisotopic (exact) mass is 588 g/mol. The summed E-state index contributed by atoms with van der Waals surface area (Å²) in [4.78, 5) is 32.8. The lowest BCUT2D eigenvalue weighted by Gasteiger charge is -2.16. The SMILES string of the molecule is C=C(c1ccc(NCCn2c(-c3ccc(OC)c(OC)c3)nc3c(CCC)nn(C)c3c2=O)cc1)c1sc(=O)[nH]c1O. The molecule has 5 rings (SSSR count). The predicted octanol–water partition coefficient (Wildman–Crippen LogP) is 4.40. The van der Waals surface area contributed by atoms with Gasteiger partial charge in [-0.2, -0.15) is 5.10 Å². The Labute approximate surface area is 245 Å². The van der Waals surface area contributed by atoms with Crippen LogP contribution in [0.1, 0.15) is 29.5 Å². The van der Waals surface area contributed by atoms with Crippen LogP contribution >= 0.6 is 11.3 Å². The molecule has 0 unspecified atom stereocenters. The quantitative estimate of drug-likeness (QED) is 0.207. The molecule has 2 aromatic carbocycles. The molecule has 0 radical (unpaired) electrons. The van der Waals surface area contributed by atoms with Crippen molar-refractivity contribution in [1.82, 2.24) is 24.3 Å². The van der Waals surface area contributed by atoms with Gasteiger partial charge in [-0.1, -0.05) is 43.4 Å². The van der Waals surface area contributed by atoms with Crippen molar-refractivity contribution < 1.29 is 14.6 Å². The number of hydrogen-bond donors (Lipinski definition) is 3. The number of aromatic nitrogens is 5. The number of ether oxygens (including phenoxy) is 2. The van der Waals surface area contributed by atoms with Gasteiger partial charge in [-0.3, -0.25) is 23.8 Å². The molecule has 11 nitrogen and oxygen atoms in total. The number of benzene rings is 2. The van der Waals surface area contributed by atoms with Crippen molar-refractivity contribution in [2.24, 2.45) is 7.05 Å². The summed E-state index contributed by atoms with van der Waals surface area (Å²) in [6.07, 6.45) is 1.59. The van der Waals surface area contributed by atoms with Crippen LogP contribution in [0.25, 0.3) is 28.0 Å². The number of aromatic amines is 1. The number of methoxy groups -OCH3 is 2. The van der Waals surface area contributed by atoms with Crippen LogP contribution in [0.3, 0.4) is 0 Å². The zero-order valence-corrected chi connectivity index (χ0v) is 24.7. The summed E-state index contributed by atoms with van der Waals surface area (Å²) in [5.41, 5.74) is 4.54. The number of nitrogens with one attached hydrogen (secondary N) is 2. The molecule has 5 aromatic rings. The minimum Gasteiger partial charge on any atom is -0.493 e. The average molecular weight is 589 g/mol. The van der Waals surface area contributed by atoms with Gasteiger partial charge in [0.2, 0.25) is 5.88 Å². The molecule has 0 saturated carbocycles. The smallest absolute Gasteiger partial charge is 0.307 e. The lowest BCUT2D eigenvalue weighted by atomic mass is 10.1. The van der Waals surface area contributed by atoms with E-state index in [0.717, 1.165) is 40.3 Å². The molecular weight excluding hydrogens is 556 g/mol. The minimum absolute atomic E-state index is 0.180. The molecule has 0 saturated heterocycles. The second-order valence-electron chi connectivity index (χ2n) is 9.65. The highest BCUT2D eigenvalue weighted by Crippen LogP contribution is 2.33. The number of hydrogen-bond acceptors (Lipinski definition) is 9. The zero-order valence-electron chi connectivity index (χ0n) is 23.9. The molecule has 0 aliphatic heterocycles. The van der Waals surface area contributed by atoms with E-state index in [9.17, 15) is 14.7 Å². The van der Waals surface area contributed by atoms with Gasteiger partial charge in [0.05, 0.1) is 24.8 Å². The van der Waals surface area contributed by atoms with E-state index < -0.39 is 0 Å². The Kier molecular flexibility index (Phi) is 8.16. The van der Waals surface area contributed by atoms with Crippen molar-refractivity contribution in [2.75, 3.05) is 26.1 Å². The van der Waals surface area contributed by atoms with Crippen molar-refractivity contribution in [3.8, 4) is 28.8 Å². The van der Waals surface area contributed by atoms with Gasteiger partial charge in [-0.05, 0) is 47.9 Å². The van der Waals surface area contributed by atoms with Crippen LogP contribution in [0.5, 0.6) is 17.4 Å². The van der Waals surface area contributed by atoms with E-state index >= 15 is 0 Å². The van der Waals surface area contributed by atoms with E-state index in [1.165, 1.54) is 0 Å². The first-order valence-corrected chi connectivity index (χ1v) is 14.2. The lowest BCUT2D eigenvalue weighted by Crippen LogP contribution is -2.27. The summed E-state index contributed by atoms with van der Waals surface area (Å²) in [5, 5.41) is 17.9. The Morgan fingerprint density at radius 2 is 1.86 bits per heavy atom. The highest BCUT2D eigenvalue weighted by atomic mass is 32.1. The van der Waals surface area contributed by atoms with E-state index in [1.807, 2.05) is 36.4 Å². The standard InChI is InChI=1S/C30H32N6O5S/c1-6-7-21-24-25(35(3)34-21)29(38)36(27(32-24)19-10-13-22(40-4)23(16-19)41-5)15-14-31-20-11-8-18(9-12-20)17(2)26-28(37)33-30(39)42-26/h8-13,16,31,37H,2,6-7,14-15H2,1,3-5H3,(H,33,39). The third-order valence-corrected chi connectivity index (χ3v) is 7.88. The van der Waals surface area contributed by atoms with Gasteiger partial charge in [-0.15, -0.1) is 0 Å². The van der Waals surface area contributed by atoms with Crippen molar-refractivity contribution in [3.05, 3.63) is 85.2 Å². The molecule has 0 fully saturated rings. The van der Waals surface area contributed by atoms with E-state index in [4.69, 9.17) is 14.5 Å². The topological polar surface area (TPSA) is 136 Å². The Morgan fingerprint density at radius 1 is 1.12 bits per heavy atom. The Hall–Kier alpha value is -4.84. The third kappa shape index (κ3) is 5.40. The molecule has 218 valence electrons. The molecule has 12 heteroatoms. The van der Waals surface area contributed by atoms with Gasteiger partial charge in [0.15, 0.2) is 17.0 Å². The summed E-state index contributed by atoms with van der Waals surface area (Å²) in [6.45, 7) is 6.86. The number of fused-ring (bicyclic) bond motifs is 1. The van der Waals surface area contributed by atoms with Gasteiger partial charge in [-0.25, -0.2) is 4.98 Å². The fraction of sp³-hybridized carbons (Fsp3) is 0.267. The Morgan fingerprint density at radius 3 is 2.50 bits per heavy atom. The van der Waals surface area contributed by atoms with Gasteiger partial charge in [0.25, 0.3) is 5.56 Å². The largest absolute Gasteiger partial charge is 0.493 e. The lowest BCUT2D eigenvalue weighted by molar-refractivity contribution is 0.355. The zero-order chi connectivity index (χ0) is 30.0. The second-order valence-corrected chi connectivity index (χ2v) is 10.6. The minimum atomic E-state index is -0.343. The van der Waals surface area contributed by atoms with Crippen molar-refractivity contribution in [3.63, 3.8) is 0 Å². The summed E-state index contributed by atoms with van der Waals surface area (Å²) >= 11 is 0.908. The van der Waals surface area contributed by atoms with Crippen LogP contribution in [0.15, 0.2) is 58.6 Å². The Balaban J connectivity index is 1.45. The van der Waals surface area contributed by atoms with Gasteiger partial charge >= 0.3 is 4.87 Å². The van der Waals surface area contributed by atoms with Crippen LogP contribution in [0.2, 0.25) is 0 Å². The molecule has 0 amide bonds. The van der Waals surface area contributed by atoms with Crippen LogP contribution in [0.4, 0.5) is 5.69 Å². The summed E-state index contributed by atoms with van der Waals surface area (Å²) in [7, 11) is 4.91. The maximum absolute atomic E-state index is 13.9. The summed E-state index contributed by atoms with van der Waals surface area (Å²) in [5.74, 6) is 1.44. The number of nitrogens with zero attached hydrogens (tertiary/aromatic N) is 4. The first-order chi connectivity index (χ1) is 20.2. The third-order valence-electron chi connectivity index (χ3n) is 6.94. The second kappa shape index (κ2) is 12.0. The maximum atomic E-state index is 13.9. The van der Waals surface area contributed by atoms with Gasteiger partial charge in [0, 0.05) is 31.4 Å². The number of anilines is 1. The van der Waals surface area contributed by atoms with E-state index in [1.54, 1.807) is 36.6 Å². The van der Waals surface area contributed by atoms with E-state index in [2.05, 4.69) is 28.9 Å². The molecule has 0 aliphatic carbocycles. The van der Waals surface area contributed by atoms with Crippen molar-refractivity contribution in [1.29, 1.82) is 0 Å². The normalized spacial score (nSPS) is 11.1. The highest BCUT2D eigenvalue weighted by molar-refractivity contribution is 7.10. The fourth-order valence-electron chi connectivity index (χ4n) is 4.88. The van der Waals surface area contributed by atoms with Crippen LogP contribution in [0, 0.1) is 0 Å². The first-order valence-electron chi connectivity index (χ1n) is 13.4. The van der Waals surface area contributed by atoms with Crippen LogP contribution < -0.4 is 25.2 Å². The molecular formula is C30H32N6O5S. The van der Waals surface area contributed by atoms with Crippen molar-refractivity contribution >= 4 is 33.6 Å². The molecule has 0 spiro atoms. The average Bonchev–Trinajstić information content (AvgIpc) is 3.50. The highest BCUT2D eigenvalue weighted by Gasteiger charge is 2.20. The van der Waals surface area contributed by atoms with E-state index in [0.29, 0.717) is 58.3 Å². The molecule has 0 aliphatic rings. The number of rotatable bonds is 11. The van der Waals surface area contributed by atoms with Crippen LogP contribution in [-0.2, 0) is 20.0 Å². The number of H-pyrrole nitrogens is 1. The number of thiazole rings is 1. The molecule has 3 heterocycles. The fourth-order valence-corrected chi connectivity index (χ4v) is 5.60. The van der Waals surface area contributed by atoms with E-state index in [-0.39, 0.29) is 16.3 Å². The van der Waals surface area contributed by atoms with Crippen LogP contribution in [-0.4, -0.2) is 50.2 Å². The number of aryl methyl sites for hydroxylation is 2. The number of aromatic hydroxyl groups is 1. The maximum Gasteiger partial charge on any atom is 0.307 e. The predicted molar refractivity (Wildman–Crippen MR) is 165 cm³/mol. The molecule has 42 heavy (non-hydrogen) atoms. The Bertz CT molecular complexity index is 1880. The van der Waals surface area contributed by atoms with Crippen molar-refractivity contribution in [2.45, 2.75) is 26.3 Å². The molecule has 3 aromatic heterocycles. The summed E-state index contributed by atoms with van der Waals surface area (Å²) < 4.78 is 14.2.